The number of ether oxygens (including phenoxy) is 2. The van der Waals surface area contributed by atoms with Gasteiger partial charge in [-0.3, -0.25) is 4.79 Å². The number of furan rings is 1. The quantitative estimate of drug-likeness (QED) is 0.465. The van der Waals surface area contributed by atoms with Crippen LogP contribution in [0.2, 0.25) is 10.0 Å². The molecule has 5 nitrogen and oxygen atoms in total. The molecule has 0 aliphatic rings. The van der Waals surface area contributed by atoms with Crippen LogP contribution in [0.5, 0.6) is 5.75 Å². The maximum absolute atomic E-state index is 12.0. The van der Waals surface area contributed by atoms with Gasteiger partial charge >= 0.3 is 5.97 Å². The van der Waals surface area contributed by atoms with E-state index in [-0.39, 0.29) is 17.4 Å². The fourth-order valence-electron chi connectivity index (χ4n) is 2.11. The van der Waals surface area contributed by atoms with Gasteiger partial charge in [-0.25, -0.2) is 4.79 Å². The second kappa shape index (κ2) is 7.59. The van der Waals surface area contributed by atoms with Crippen molar-refractivity contribution >= 4 is 45.9 Å². The highest BCUT2D eigenvalue weighted by Crippen LogP contribution is 2.27. The molecule has 25 heavy (non-hydrogen) atoms. The number of para-hydroxylation sites is 1. The van der Waals surface area contributed by atoms with Crippen molar-refractivity contribution in [1.82, 2.24) is 0 Å². The molecule has 128 valence electrons. The minimum atomic E-state index is -0.699. The van der Waals surface area contributed by atoms with Crippen LogP contribution in [0, 0.1) is 0 Å². The number of fused-ring (bicyclic) bond motifs is 1. The molecule has 0 N–H and O–H groups in total. The van der Waals surface area contributed by atoms with Gasteiger partial charge in [-0.15, -0.1) is 0 Å². The zero-order valence-corrected chi connectivity index (χ0v) is 14.3. The minimum absolute atomic E-state index is 0.135. The smallest absolute Gasteiger partial charge is 0.344 e. The molecule has 0 fully saturated rings. The molecule has 0 aliphatic carbocycles. The number of Topliss-reactive ketones (excluding diaryl/α,β-unsaturated/α-hetero) is 1. The Kier molecular flexibility index (Phi) is 5.26. The molecule has 0 saturated heterocycles. The molecule has 1 heterocycles. The van der Waals surface area contributed by atoms with E-state index < -0.39 is 18.4 Å². The molecule has 0 unspecified atom stereocenters. The number of carbonyl (C=O) groups is 2. The largest absolute Gasteiger partial charge is 0.480 e. The molecule has 0 atom stereocenters. The van der Waals surface area contributed by atoms with Crippen LogP contribution in [-0.4, -0.2) is 25.0 Å². The molecular weight excluding hydrogens is 367 g/mol. The average molecular weight is 379 g/mol. The summed E-state index contributed by atoms with van der Waals surface area (Å²) in [5, 5.41) is 1.54. The number of esters is 1. The first-order valence-corrected chi connectivity index (χ1v) is 8.04. The highest BCUT2D eigenvalue weighted by molar-refractivity contribution is 6.35. The zero-order valence-electron chi connectivity index (χ0n) is 12.8. The highest BCUT2D eigenvalue weighted by Gasteiger charge is 2.15. The molecule has 0 aliphatic heterocycles. The number of hydrogen-bond donors (Lipinski definition) is 0. The lowest BCUT2D eigenvalue weighted by atomic mass is 10.2. The van der Waals surface area contributed by atoms with E-state index in [1.54, 1.807) is 24.3 Å². The van der Waals surface area contributed by atoms with E-state index in [0.717, 1.165) is 5.39 Å². The minimum Gasteiger partial charge on any atom is -0.480 e. The third-order valence-corrected chi connectivity index (χ3v) is 3.83. The van der Waals surface area contributed by atoms with Gasteiger partial charge in [0.15, 0.2) is 19.0 Å². The van der Waals surface area contributed by atoms with Crippen molar-refractivity contribution in [3.63, 3.8) is 0 Å². The maximum atomic E-state index is 12.0. The SMILES string of the molecule is O=C(COc1ccc(Cl)cc1Cl)OCC(=O)c1cc2ccccc2o1. The lowest BCUT2D eigenvalue weighted by Crippen LogP contribution is -2.19. The zero-order chi connectivity index (χ0) is 17.8. The molecule has 0 radical (unpaired) electrons. The highest BCUT2D eigenvalue weighted by atomic mass is 35.5. The monoisotopic (exact) mass is 378 g/mol. The predicted octanol–water partition coefficient (Wildman–Crippen LogP) is 4.54. The van der Waals surface area contributed by atoms with Gasteiger partial charge in [-0.2, -0.15) is 0 Å². The fourth-order valence-corrected chi connectivity index (χ4v) is 2.57. The van der Waals surface area contributed by atoms with Crippen LogP contribution < -0.4 is 4.74 Å². The van der Waals surface area contributed by atoms with Crippen LogP contribution in [0.3, 0.4) is 0 Å². The number of hydrogen-bond acceptors (Lipinski definition) is 5. The lowest BCUT2D eigenvalue weighted by molar-refractivity contribution is -0.144. The third kappa shape index (κ3) is 4.32. The van der Waals surface area contributed by atoms with Gasteiger partial charge in [-0.05, 0) is 30.3 Å². The van der Waals surface area contributed by atoms with Gasteiger partial charge in [0.1, 0.15) is 11.3 Å². The third-order valence-electron chi connectivity index (χ3n) is 3.30. The van der Waals surface area contributed by atoms with Crippen LogP contribution >= 0.6 is 23.2 Å². The summed E-state index contributed by atoms with van der Waals surface area (Å²) in [7, 11) is 0. The molecule has 1 aromatic heterocycles. The van der Waals surface area contributed by atoms with Crippen LogP contribution in [0.15, 0.2) is 52.9 Å². The van der Waals surface area contributed by atoms with Crippen molar-refractivity contribution in [2.24, 2.45) is 0 Å². The Morgan fingerprint density at radius 3 is 2.56 bits per heavy atom. The average Bonchev–Trinajstić information content (AvgIpc) is 3.03. The Bertz CT molecular complexity index is 899. The van der Waals surface area contributed by atoms with Crippen LogP contribution in [0.1, 0.15) is 10.6 Å². The second-order valence-electron chi connectivity index (χ2n) is 5.10. The summed E-state index contributed by atoms with van der Waals surface area (Å²) in [6, 6.07) is 13.4. The summed E-state index contributed by atoms with van der Waals surface area (Å²) in [5.41, 5.74) is 0.595. The van der Waals surface area contributed by atoms with E-state index in [4.69, 9.17) is 37.1 Å². The number of carbonyl (C=O) groups excluding carboxylic acids is 2. The molecular formula is C18H12Cl2O5. The summed E-state index contributed by atoms with van der Waals surface area (Å²) in [5.74, 6) is -0.702. The summed E-state index contributed by atoms with van der Waals surface area (Å²) in [6.07, 6.45) is 0. The molecule has 3 rings (SSSR count). The standard InChI is InChI=1S/C18H12Cl2O5/c19-12-5-6-16(13(20)8-12)23-10-18(22)24-9-14(21)17-7-11-3-1-2-4-15(11)25-17/h1-8H,9-10H2. The fraction of sp³-hybridized carbons (Fsp3) is 0.111. The Labute approximate surface area is 153 Å². The first-order chi connectivity index (χ1) is 12.0. The summed E-state index contributed by atoms with van der Waals surface area (Å²) in [6.45, 7) is -0.814. The normalized spacial score (nSPS) is 10.6. The Morgan fingerprint density at radius 1 is 1.00 bits per heavy atom. The van der Waals surface area contributed by atoms with Gasteiger partial charge in [-0.1, -0.05) is 41.4 Å². The molecule has 0 spiro atoms. The van der Waals surface area contributed by atoms with Crippen molar-refractivity contribution in [1.29, 1.82) is 0 Å². The summed E-state index contributed by atoms with van der Waals surface area (Å²) in [4.78, 5) is 23.7. The van der Waals surface area contributed by atoms with Crippen LogP contribution in [-0.2, 0) is 9.53 Å². The van der Waals surface area contributed by atoms with Gasteiger partial charge in [0.25, 0.3) is 0 Å². The van der Waals surface area contributed by atoms with E-state index in [1.165, 1.54) is 12.1 Å². The van der Waals surface area contributed by atoms with Gasteiger partial charge in [0.2, 0.25) is 5.78 Å². The van der Waals surface area contributed by atoms with E-state index in [1.807, 2.05) is 12.1 Å². The molecule has 3 aromatic rings. The first kappa shape index (κ1) is 17.3. The number of halogens is 2. The van der Waals surface area contributed by atoms with Crippen molar-refractivity contribution in [3.8, 4) is 5.75 Å². The van der Waals surface area contributed by atoms with Gasteiger partial charge in [0, 0.05) is 10.4 Å². The molecule has 0 saturated carbocycles. The summed E-state index contributed by atoms with van der Waals surface area (Å²) < 4.78 is 15.6. The van der Waals surface area contributed by atoms with Gasteiger partial charge < -0.3 is 13.9 Å². The van der Waals surface area contributed by atoms with E-state index in [2.05, 4.69) is 0 Å². The van der Waals surface area contributed by atoms with Crippen molar-refractivity contribution in [2.75, 3.05) is 13.2 Å². The Hall–Kier alpha value is -2.50. The van der Waals surface area contributed by atoms with Crippen molar-refractivity contribution < 1.29 is 23.5 Å². The Balaban J connectivity index is 1.52. The predicted molar refractivity (Wildman–Crippen MR) is 93.5 cm³/mol. The van der Waals surface area contributed by atoms with E-state index in [0.29, 0.717) is 16.4 Å². The van der Waals surface area contributed by atoms with Crippen molar-refractivity contribution in [3.05, 3.63) is 64.3 Å². The number of rotatable bonds is 6. The summed E-state index contributed by atoms with van der Waals surface area (Å²) >= 11 is 11.7. The van der Waals surface area contributed by atoms with E-state index in [9.17, 15) is 9.59 Å². The number of benzene rings is 2. The molecule has 0 amide bonds. The van der Waals surface area contributed by atoms with Crippen LogP contribution in [0.4, 0.5) is 0 Å². The lowest BCUT2D eigenvalue weighted by Gasteiger charge is -2.07. The number of ketones is 1. The second-order valence-corrected chi connectivity index (χ2v) is 5.94. The van der Waals surface area contributed by atoms with Gasteiger partial charge in [0.05, 0.1) is 5.02 Å². The van der Waals surface area contributed by atoms with E-state index >= 15 is 0 Å². The van der Waals surface area contributed by atoms with Crippen molar-refractivity contribution in [2.45, 2.75) is 0 Å². The molecule has 2 aromatic carbocycles. The molecule has 7 heteroatoms. The van der Waals surface area contributed by atoms with Crippen LogP contribution in [0.25, 0.3) is 11.0 Å². The first-order valence-electron chi connectivity index (χ1n) is 7.28. The Morgan fingerprint density at radius 2 is 1.80 bits per heavy atom. The topological polar surface area (TPSA) is 65.7 Å². The maximum Gasteiger partial charge on any atom is 0.344 e. The molecule has 0 bridgehead atoms.